The Hall–Kier alpha value is -3.09. The molecule has 1 aromatic carbocycles. The third kappa shape index (κ3) is 5.20. The fourth-order valence-electron chi connectivity index (χ4n) is 2.27. The number of hydrazone groups is 1. The van der Waals surface area contributed by atoms with E-state index in [2.05, 4.69) is 10.5 Å². The number of hydrogen-bond donors (Lipinski definition) is 1. The number of carbonyl (C=O) groups excluding carboxylic acids is 2. The molecule has 0 bridgehead atoms. The first kappa shape index (κ1) is 19.2. The molecule has 7 nitrogen and oxygen atoms in total. The van der Waals surface area contributed by atoms with Crippen LogP contribution in [0.2, 0.25) is 0 Å². The number of hydrogen-bond acceptors (Lipinski definition) is 5. The van der Waals surface area contributed by atoms with Crippen molar-refractivity contribution >= 4 is 17.5 Å². The molecule has 0 saturated heterocycles. The van der Waals surface area contributed by atoms with E-state index in [0.717, 1.165) is 5.56 Å². The van der Waals surface area contributed by atoms with Gasteiger partial charge in [-0.3, -0.25) is 9.59 Å². The Labute approximate surface area is 152 Å². The number of carbonyl (C=O) groups is 2. The molecule has 7 heteroatoms. The molecule has 0 saturated carbocycles. The number of nitrogens with one attached hydrogen (secondary N) is 1. The molecule has 0 atom stereocenters. The topological polar surface area (TPSA) is 84.1 Å². The van der Waals surface area contributed by atoms with Gasteiger partial charge in [0, 0.05) is 13.1 Å². The minimum absolute atomic E-state index is 0.00724. The fourth-order valence-corrected chi connectivity index (χ4v) is 2.27. The molecule has 26 heavy (non-hydrogen) atoms. The van der Waals surface area contributed by atoms with Gasteiger partial charge in [-0.25, -0.2) is 5.43 Å². The van der Waals surface area contributed by atoms with Crippen LogP contribution >= 0.6 is 0 Å². The zero-order valence-corrected chi connectivity index (χ0v) is 15.2. The number of furan rings is 1. The summed E-state index contributed by atoms with van der Waals surface area (Å²) in [6.07, 6.45) is 1.43. The molecule has 2 rings (SSSR count). The van der Waals surface area contributed by atoms with Crippen LogP contribution in [-0.4, -0.2) is 42.1 Å². The molecule has 0 unspecified atom stereocenters. The van der Waals surface area contributed by atoms with Crippen LogP contribution in [0.4, 0.5) is 0 Å². The SMILES string of the molecule is CCN(CC)C(=O)COc1ccc(/C(C)=N\NC(=O)c2ccco2)cc1. The second-order valence-corrected chi connectivity index (χ2v) is 5.49. The average molecular weight is 357 g/mol. The summed E-state index contributed by atoms with van der Waals surface area (Å²) >= 11 is 0. The molecule has 0 aliphatic rings. The van der Waals surface area contributed by atoms with Gasteiger partial charge in [0.05, 0.1) is 12.0 Å². The second kappa shape index (κ2) is 9.41. The van der Waals surface area contributed by atoms with Gasteiger partial charge in [0.1, 0.15) is 5.75 Å². The van der Waals surface area contributed by atoms with Crippen molar-refractivity contribution in [3.8, 4) is 5.75 Å². The summed E-state index contributed by atoms with van der Waals surface area (Å²) in [4.78, 5) is 25.4. The second-order valence-electron chi connectivity index (χ2n) is 5.49. The molecule has 2 amide bonds. The largest absolute Gasteiger partial charge is 0.484 e. The maximum absolute atomic E-state index is 11.9. The molecule has 0 spiro atoms. The predicted octanol–water partition coefficient (Wildman–Crippen LogP) is 2.68. The molecule has 2 aromatic rings. The molecule has 0 fully saturated rings. The Kier molecular flexibility index (Phi) is 6.96. The summed E-state index contributed by atoms with van der Waals surface area (Å²) in [7, 11) is 0. The first-order valence-corrected chi connectivity index (χ1v) is 8.44. The summed E-state index contributed by atoms with van der Waals surface area (Å²) in [5.74, 6) is 0.339. The summed E-state index contributed by atoms with van der Waals surface area (Å²) in [5, 5.41) is 4.06. The van der Waals surface area contributed by atoms with Gasteiger partial charge in [-0.2, -0.15) is 5.10 Å². The van der Waals surface area contributed by atoms with E-state index >= 15 is 0 Å². The summed E-state index contributed by atoms with van der Waals surface area (Å²) in [6, 6.07) is 10.3. The van der Waals surface area contributed by atoms with Gasteiger partial charge in [0.15, 0.2) is 12.4 Å². The third-order valence-electron chi connectivity index (χ3n) is 3.82. The first-order chi connectivity index (χ1) is 12.5. The van der Waals surface area contributed by atoms with E-state index in [9.17, 15) is 9.59 Å². The third-order valence-corrected chi connectivity index (χ3v) is 3.82. The van der Waals surface area contributed by atoms with Gasteiger partial charge < -0.3 is 14.1 Å². The zero-order valence-electron chi connectivity index (χ0n) is 15.2. The van der Waals surface area contributed by atoms with Crippen LogP contribution in [0.25, 0.3) is 0 Å². The highest BCUT2D eigenvalue weighted by Gasteiger charge is 2.10. The lowest BCUT2D eigenvalue weighted by molar-refractivity contribution is -0.132. The quantitative estimate of drug-likeness (QED) is 0.581. The van der Waals surface area contributed by atoms with E-state index in [0.29, 0.717) is 24.6 Å². The Morgan fingerprint density at radius 3 is 2.42 bits per heavy atom. The fraction of sp³-hybridized carbons (Fsp3) is 0.316. The van der Waals surface area contributed by atoms with Crippen molar-refractivity contribution in [3.05, 3.63) is 54.0 Å². The maximum atomic E-state index is 11.9. The molecule has 1 aromatic heterocycles. The van der Waals surface area contributed by atoms with Crippen LogP contribution in [0.15, 0.2) is 52.2 Å². The number of ether oxygens (including phenoxy) is 1. The van der Waals surface area contributed by atoms with Gasteiger partial charge in [0.2, 0.25) is 0 Å². The van der Waals surface area contributed by atoms with Crippen molar-refractivity contribution in [2.45, 2.75) is 20.8 Å². The monoisotopic (exact) mass is 357 g/mol. The van der Waals surface area contributed by atoms with E-state index < -0.39 is 5.91 Å². The van der Waals surface area contributed by atoms with Crippen molar-refractivity contribution in [2.75, 3.05) is 19.7 Å². The zero-order chi connectivity index (χ0) is 18.9. The summed E-state index contributed by atoms with van der Waals surface area (Å²) in [5.41, 5.74) is 3.90. The first-order valence-electron chi connectivity index (χ1n) is 8.44. The van der Waals surface area contributed by atoms with Gasteiger partial charge in [-0.1, -0.05) is 0 Å². The van der Waals surface area contributed by atoms with Gasteiger partial charge in [-0.05, 0) is 62.7 Å². The minimum atomic E-state index is -0.413. The molecule has 1 heterocycles. The highest BCUT2D eigenvalue weighted by atomic mass is 16.5. The van der Waals surface area contributed by atoms with Crippen LogP contribution < -0.4 is 10.2 Å². The highest BCUT2D eigenvalue weighted by molar-refractivity contribution is 6.00. The number of amides is 2. The Balaban J connectivity index is 1.90. The number of rotatable bonds is 8. The minimum Gasteiger partial charge on any atom is -0.484 e. The number of likely N-dealkylation sites (N-methyl/N-ethyl adjacent to an activating group) is 1. The average Bonchev–Trinajstić information content (AvgIpc) is 3.20. The van der Waals surface area contributed by atoms with Crippen molar-refractivity contribution in [3.63, 3.8) is 0 Å². The van der Waals surface area contributed by atoms with E-state index in [1.165, 1.54) is 6.26 Å². The van der Waals surface area contributed by atoms with Gasteiger partial charge in [-0.15, -0.1) is 0 Å². The van der Waals surface area contributed by atoms with Crippen molar-refractivity contribution in [1.29, 1.82) is 0 Å². The lowest BCUT2D eigenvalue weighted by Gasteiger charge is -2.18. The summed E-state index contributed by atoms with van der Waals surface area (Å²) in [6.45, 7) is 6.98. The molecule has 138 valence electrons. The normalized spacial score (nSPS) is 11.1. The van der Waals surface area contributed by atoms with Crippen LogP contribution in [0.1, 0.15) is 36.9 Å². The number of nitrogens with zero attached hydrogens (tertiary/aromatic N) is 2. The van der Waals surface area contributed by atoms with E-state index in [-0.39, 0.29) is 18.3 Å². The Morgan fingerprint density at radius 2 is 1.85 bits per heavy atom. The van der Waals surface area contributed by atoms with Crippen molar-refractivity contribution in [2.24, 2.45) is 5.10 Å². The molecule has 0 aliphatic carbocycles. The Bertz CT molecular complexity index is 748. The van der Waals surface area contributed by atoms with E-state index in [1.54, 1.807) is 36.1 Å². The van der Waals surface area contributed by atoms with E-state index in [1.807, 2.05) is 26.0 Å². The maximum Gasteiger partial charge on any atom is 0.307 e. The predicted molar refractivity (Wildman–Crippen MR) is 98.3 cm³/mol. The number of benzene rings is 1. The van der Waals surface area contributed by atoms with Gasteiger partial charge in [0.25, 0.3) is 5.91 Å². The lowest BCUT2D eigenvalue weighted by Crippen LogP contribution is -2.34. The Morgan fingerprint density at radius 1 is 1.15 bits per heavy atom. The lowest BCUT2D eigenvalue weighted by atomic mass is 10.1. The van der Waals surface area contributed by atoms with Crippen molar-refractivity contribution < 1.29 is 18.7 Å². The van der Waals surface area contributed by atoms with Gasteiger partial charge >= 0.3 is 5.91 Å². The molecule has 0 radical (unpaired) electrons. The van der Waals surface area contributed by atoms with Crippen LogP contribution in [0.5, 0.6) is 5.75 Å². The molecular formula is C19H23N3O4. The van der Waals surface area contributed by atoms with Crippen molar-refractivity contribution in [1.82, 2.24) is 10.3 Å². The van der Waals surface area contributed by atoms with Crippen LogP contribution in [-0.2, 0) is 4.79 Å². The molecule has 1 N–H and O–H groups in total. The van der Waals surface area contributed by atoms with Crippen LogP contribution in [0, 0.1) is 0 Å². The summed E-state index contributed by atoms with van der Waals surface area (Å²) < 4.78 is 10.5. The highest BCUT2D eigenvalue weighted by Crippen LogP contribution is 2.13. The molecular weight excluding hydrogens is 334 g/mol. The molecule has 0 aliphatic heterocycles. The van der Waals surface area contributed by atoms with E-state index in [4.69, 9.17) is 9.15 Å². The standard InChI is InChI=1S/C19H23N3O4/c1-4-22(5-2)18(23)13-26-16-10-8-15(9-11-16)14(3)20-21-19(24)17-7-6-12-25-17/h6-12H,4-5,13H2,1-3H3,(H,21,24)/b20-14-. The van der Waals surface area contributed by atoms with Crippen LogP contribution in [0.3, 0.4) is 0 Å². The smallest absolute Gasteiger partial charge is 0.307 e.